The predicted molar refractivity (Wildman–Crippen MR) is 71.7 cm³/mol. The van der Waals surface area contributed by atoms with Crippen LogP contribution in [-0.2, 0) is 4.79 Å². The highest BCUT2D eigenvalue weighted by molar-refractivity contribution is 6.31. The van der Waals surface area contributed by atoms with E-state index >= 15 is 0 Å². The maximum Gasteiger partial charge on any atom is 0.263 e. The molecule has 3 nitrogen and oxygen atoms in total. The van der Waals surface area contributed by atoms with E-state index in [0.29, 0.717) is 10.6 Å². The van der Waals surface area contributed by atoms with Gasteiger partial charge in [-0.25, -0.2) is 8.78 Å². The van der Waals surface area contributed by atoms with Crippen molar-refractivity contribution in [3.63, 3.8) is 0 Å². The molecular formula is C14H11ClF2N2O. The van der Waals surface area contributed by atoms with Gasteiger partial charge >= 0.3 is 0 Å². The zero-order valence-electron chi connectivity index (χ0n) is 10.3. The summed E-state index contributed by atoms with van der Waals surface area (Å²) in [5.74, 6) is -1.65. The molecule has 1 heterocycles. The molecule has 0 saturated carbocycles. The van der Waals surface area contributed by atoms with Gasteiger partial charge in [-0.2, -0.15) is 0 Å². The van der Waals surface area contributed by atoms with Crippen LogP contribution in [0.5, 0.6) is 0 Å². The van der Waals surface area contributed by atoms with Crippen LogP contribution >= 0.6 is 11.6 Å². The highest BCUT2D eigenvalue weighted by Gasteiger charge is 2.24. The number of rotatable bonds is 4. The number of primary amides is 1. The molecule has 0 aliphatic carbocycles. The summed E-state index contributed by atoms with van der Waals surface area (Å²) in [6.07, 6.45) is -1.42. The van der Waals surface area contributed by atoms with Gasteiger partial charge in [-0.1, -0.05) is 29.8 Å². The van der Waals surface area contributed by atoms with Crippen molar-refractivity contribution in [2.45, 2.75) is 12.3 Å². The lowest BCUT2D eigenvalue weighted by Gasteiger charge is -2.15. The number of nitrogens with zero attached hydrogens (tertiary/aromatic N) is 1. The van der Waals surface area contributed by atoms with Crippen molar-refractivity contribution in [2.24, 2.45) is 5.73 Å². The molecule has 0 saturated heterocycles. The number of amides is 1. The Morgan fingerprint density at radius 1 is 1.25 bits per heavy atom. The number of halogens is 3. The molecule has 0 bridgehead atoms. The first kappa shape index (κ1) is 14.4. The van der Waals surface area contributed by atoms with Crippen LogP contribution in [0.15, 0.2) is 42.6 Å². The number of carbonyl (C=O) groups is 1. The molecule has 0 aliphatic rings. The molecule has 20 heavy (non-hydrogen) atoms. The van der Waals surface area contributed by atoms with E-state index in [-0.39, 0.29) is 11.3 Å². The highest BCUT2D eigenvalue weighted by atomic mass is 35.5. The van der Waals surface area contributed by atoms with Gasteiger partial charge in [0.15, 0.2) is 0 Å². The monoisotopic (exact) mass is 296 g/mol. The Hall–Kier alpha value is -2.01. The van der Waals surface area contributed by atoms with Crippen LogP contribution in [0, 0.1) is 0 Å². The molecule has 104 valence electrons. The van der Waals surface area contributed by atoms with E-state index in [1.807, 2.05) is 0 Å². The number of hydrogen-bond acceptors (Lipinski definition) is 2. The third-order valence-corrected chi connectivity index (χ3v) is 3.20. The fraction of sp³-hybridized carbons (Fsp3) is 0.143. The van der Waals surface area contributed by atoms with Gasteiger partial charge in [-0.15, -0.1) is 0 Å². The Morgan fingerprint density at radius 2 is 1.95 bits per heavy atom. The fourth-order valence-electron chi connectivity index (χ4n) is 1.93. The van der Waals surface area contributed by atoms with Crippen LogP contribution in [-0.4, -0.2) is 10.9 Å². The molecule has 1 aromatic carbocycles. The van der Waals surface area contributed by atoms with E-state index in [9.17, 15) is 13.6 Å². The van der Waals surface area contributed by atoms with E-state index in [1.54, 1.807) is 24.3 Å². The molecule has 0 aliphatic heterocycles. The lowest BCUT2D eigenvalue weighted by molar-refractivity contribution is -0.118. The molecule has 0 radical (unpaired) electrons. The first-order valence-electron chi connectivity index (χ1n) is 5.78. The molecule has 1 aromatic heterocycles. The number of carbonyl (C=O) groups excluding carboxylic acids is 1. The Morgan fingerprint density at radius 3 is 2.55 bits per heavy atom. The van der Waals surface area contributed by atoms with Gasteiger partial charge in [0.1, 0.15) is 5.92 Å². The fourth-order valence-corrected chi connectivity index (χ4v) is 2.17. The van der Waals surface area contributed by atoms with Crippen molar-refractivity contribution >= 4 is 17.5 Å². The zero-order chi connectivity index (χ0) is 14.7. The van der Waals surface area contributed by atoms with Crippen LogP contribution in [0.2, 0.25) is 5.02 Å². The van der Waals surface area contributed by atoms with E-state index in [2.05, 4.69) is 4.98 Å². The van der Waals surface area contributed by atoms with Gasteiger partial charge in [0.05, 0.1) is 5.69 Å². The van der Waals surface area contributed by atoms with Crippen LogP contribution in [0.4, 0.5) is 8.78 Å². The Bertz CT molecular complexity index is 634. The van der Waals surface area contributed by atoms with Gasteiger partial charge in [-0.3, -0.25) is 9.78 Å². The largest absolute Gasteiger partial charge is 0.369 e. The number of aromatic nitrogens is 1. The van der Waals surface area contributed by atoms with Gasteiger partial charge in [0.2, 0.25) is 5.91 Å². The van der Waals surface area contributed by atoms with E-state index in [4.69, 9.17) is 17.3 Å². The second-order valence-corrected chi connectivity index (χ2v) is 4.58. The first-order chi connectivity index (χ1) is 9.50. The molecule has 2 N–H and O–H groups in total. The lowest BCUT2D eigenvalue weighted by Crippen LogP contribution is -2.23. The minimum absolute atomic E-state index is 0.156. The van der Waals surface area contributed by atoms with E-state index in [1.165, 1.54) is 18.3 Å². The predicted octanol–water partition coefficient (Wildman–Crippen LogP) is 3.29. The second-order valence-electron chi connectivity index (χ2n) is 4.17. The summed E-state index contributed by atoms with van der Waals surface area (Å²) in [6.45, 7) is 0. The number of benzene rings is 1. The van der Waals surface area contributed by atoms with Crippen LogP contribution in [0.1, 0.15) is 29.2 Å². The zero-order valence-corrected chi connectivity index (χ0v) is 11.0. The van der Waals surface area contributed by atoms with Crippen molar-refractivity contribution in [1.29, 1.82) is 0 Å². The molecule has 0 spiro atoms. The third-order valence-electron chi connectivity index (χ3n) is 2.85. The molecular weight excluding hydrogens is 286 g/mol. The lowest BCUT2D eigenvalue weighted by atomic mass is 9.93. The number of pyridine rings is 1. The van der Waals surface area contributed by atoms with E-state index < -0.39 is 18.3 Å². The Balaban J connectivity index is 2.52. The molecule has 2 rings (SSSR count). The molecule has 2 aromatic rings. The smallest absolute Gasteiger partial charge is 0.263 e. The summed E-state index contributed by atoms with van der Waals surface area (Å²) in [5, 5.41) is 0.334. The molecule has 0 fully saturated rings. The van der Waals surface area contributed by atoms with Crippen molar-refractivity contribution in [1.82, 2.24) is 4.98 Å². The minimum atomic E-state index is -2.64. The van der Waals surface area contributed by atoms with Gasteiger partial charge in [0.25, 0.3) is 6.43 Å². The van der Waals surface area contributed by atoms with Crippen LogP contribution in [0.3, 0.4) is 0 Å². The highest BCUT2D eigenvalue weighted by Crippen LogP contribution is 2.30. The van der Waals surface area contributed by atoms with Gasteiger partial charge < -0.3 is 5.73 Å². The van der Waals surface area contributed by atoms with Gasteiger partial charge in [-0.05, 0) is 23.8 Å². The van der Waals surface area contributed by atoms with Gasteiger partial charge in [0, 0.05) is 16.8 Å². The molecule has 1 unspecified atom stereocenters. The number of nitrogens with two attached hydrogens (primary N) is 1. The van der Waals surface area contributed by atoms with Crippen LogP contribution < -0.4 is 5.73 Å². The summed E-state index contributed by atoms with van der Waals surface area (Å²) < 4.78 is 25.4. The van der Waals surface area contributed by atoms with Crippen molar-refractivity contribution in [3.8, 4) is 0 Å². The maximum atomic E-state index is 12.7. The quantitative estimate of drug-likeness (QED) is 0.941. The summed E-state index contributed by atoms with van der Waals surface area (Å²) >= 11 is 6.03. The van der Waals surface area contributed by atoms with Crippen molar-refractivity contribution < 1.29 is 13.6 Å². The van der Waals surface area contributed by atoms with Crippen molar-refractivity contribution in [2.75, 3.05) is 0 Å². The minimum Gasteiger partial charge on any atom is -0.369 e. The molecule has 1 atom stereocenters. The molecule has 1 amide bonds. The van der Waals surface area contributed by atoms with Crippen LogP contribution in [0.25, 0.3) is 0 Å². The summed E-state index contributed by atoms with van der Waals surface area (Å²) in [5.41, 5.74) is 5.76. The second kappa shape index (κ2) is 5.96. The standard InChI is InChI=1S/C14H11ClF2N2O/c15-10-4-2-1-3-9(10)12(14(18)20)11-7-8(13(16)17)5-6-19-11/h1-7,12-13H,(H2,18,20). The Kier molecular flexibility index (Phi) is 4.29. The summed E-state index contributed by atoms with van der Waals surface area (Å²) in [4.78, 5) is 15.6. The van der Waals surface area contributed by atoms with E-state index in [0.717, 1.165) is 0 Å². The molecule has 6 heteroatoms. The summed E-state index contributed by atoms with van der Waals surface area (Å²) in [6, 6.07) is 8.97. The number of hydrogen-bond donors (Lipinski definition) is 1. The normalized spacial score (nSPS) is 12.4. The van der Waals surface area contributed by atoms with Crippen molar-refractivity contribution in [3.05, 3.63) is 64.4 Å². The topological polar surface area (TPSA) is 56.0 Å². The summed E-state index contributed by atoms with van der Waals surface area (Å²) in [7, 11) is 0. The Labute approximate surface area is 119 Å². The average Bonchev–Trinajstić information content (AvgIpc) is 2.41. The number of alkyl halides is 2. The first-order valence-corrected chi connectivity index (χ1v) is 6.16. The third kappa shape index (κ3) is 2.93. The average molecular weight is 297 g/mol. The maximum absolute atomic E-state index is 12.7. The SMILES string of the molecule is NC(=O)C(c1cc(C(F)F)ccn1)c1ccccc1Cl.